The summed E-state index contributed by atoms with van der Waals surface area (Å²) in [6.45, 7) is 3.18. The van der Waals surface area contributed by atoms with Crippen LogP contribution in [-0.2, 0) is 33.3 Å². The fourth-order valence-corrected chi connectivity index (χ4v) is 2.36. The standard InChI is InChI=1S/C18H32O7/c19-17-7-5-3-1-2-4-6-8-18(20)25-16-14-23-12-10-21-9-11-22-13-15-24-17/h1-16H2. The Morgan fingerprint density at radius 2 is 0.760 bits per heavy atom. The summed E-state index contributed by atoms with van der Waals surface area (Å²) in [6, 6.07) is 0. The minimum atomic E-state index is -0.168. The van der Waals surface area contributed by atoms with Gasteiger partial charge in [0, 0.05) is 12.8 Å². The van der Waals surface area contributed by atoms with Crippen molar-refractivity contribution in [2.24, 2.45) is 0 Å². The quantitative estimate of drug-likeness (QED) is 0.613. The number of carbonyl (C=O) groups is 2. The van der Waals surface area contributed by atoms with Crippen LogP contribution in [0.3, 0.4) is 0 Å². The molecular weight excluding hydrogens is 328 g/mol. The third-order valence-electron chi connectivity index (χ3n) is 3.74. The predicted molar refractivity (Wildman–Crippen MR) is 91.3 cm³/mol. The Bertz CT molecular complexity index is 314. The highest BCUT2D eigenvalue weighted by molar-refractivity contribution is 5.69. The molecule has 0 aromatic heterocycles. The minimum absolute atomic E-state index is 0.168. The summed E-state index contributed by atoms with van der Waals surface area (Å²) in [5, 5.41) is 0. The second-order valence-electron chi connectivity index (χ2n) is 5.90. The lowest BCUT2D eigenvalue weighted by Gasteiger charge is -2.08. The molecule has 1 aliphatic rings. The van der Waals surface area contributed by atoms with E-state index >= 15 is 0 Å². The summed E-state index contributed by atoms with van der Waals surface area (Å²) in [5.74, 6) is -0.337. The van der Waals surface area contributed by atoms with Gasteiger partial charge in [0.15, 0.2) is 0 Å². The lowest BCUT2D eigenvalue weighted by Crippen LogP contribution is -2.15. The molecule has 0 aliphatic carbocycles. The predicted octanol–water partition coefficient (Wildman–Crippen LogP) is 2.26. The summed E-state index contributed by atoms with van der Waals surface area (Å²) >= 11 is 0. The van der Waals surface area contributed by atoms with Crippen molar-refractivity contribution in [1.82, 2.24) is 0 Å². The molecule has 1 heterocycles. The van der Waals surface area contributed by atoms with Gasteiger partial charge in [-0.3, -0.25) is 9.59 Å². The number of carbonyl (C=O) groups excluding carboxylic acids is 2. The second kappa shape index (κ2) is 16.3. The Morgan fingerprint density at radius 3 is 1.16 bits per heavy atom. The molecular formula is C18H32O7. The van der Waals surface area contributed by atoms with Gasteiger partial charge in [0.1, 0.15) is 13.2 Å². The van der Waals surface area contributed by atoms with Gasteiger partial charge in [0.2, 0.25) is 0 Å². The fraction of sp³-hybridized carbons (Fsp3) is 0.889. The Morgan fingerprint density at radius 1 is 0.440 bits per heavy atom. The van der Waals surface area contributed by atoms with Crippen molar-refractivity contribution >= 4 is 11.9 Å². The van der Waals surface area contributed by atoms with Crippen molar-refractivity contribution in [3.63, 3.8) is 0 Å². The Kier molecular flexibility index (Phi) is 14.3. The lowest BCUT2D eigenvalue weighted by molar-refractivity contribution is -0.146. The van der Waals surface area contributed by atoms with Crippen molar-refractivity contribution in [2.75, 3.05) is 52.9 Å². The zero-order valence-electron chi connectivity index (χ0n) is 15.2. The van der Waals surface area contributed by atoms with Crippen LogP contribution in [0, 0.1) is 0 Å². The topological polar surface area (TPSA) is 80.3 Å². The molecule has 0 aromatic carbocycles. The van der Waals surface area contributed by atoms with E-state index in [0.29, 0.717) is 52.5 Å². The van der Waals surface area contributed by atoms with E-state index in [2.05, 4.69) is 0 Å². The number of hydrogen-bond donors (Lipinski definition) is 0. The minimum Gasteiger partial charge on any atom is -0.463 e. The first-order valence-corrected chi connectivity index (χ1v) is 9.33. The third-order valence-corrected chi connectivity index (χ3v) is 3.74. The fourth-order valence-electron chi connectivity index (χ4n) is 2.36. The molecule has 7 nitrogen and oxygen atoms in total. The molecule has 0 radical (unpaired) electrons. The van der Waals surface area contributed by atoms with Gasteiger partial charge < -0.3 is 23.7 Å². The number of ether oxygens (including phenoxy) is 5. The molecule has 1 saturated heterocycles. The van der Waals surface area contributed by atoms with Gasteiger partial charge in [0.25, 0.3) is 0 Å². The highest BCUT2D eigenvalue weighted by Crippen LogP contribution is 2.09. The van der Waals surface area contributed by atoms with Crippen LogP contribution in [-0.4, -0.2) is 64.8 Å². The normalized spacial score (nSPS) is 22.6. The van der Waals surface area contributed by atoms with Crippen LogP contribution in [0.25, 0.3) is 0 Å². The van der Waals surface area contributed by atoms with E-state index in [0.717, 1.165) is 38.5 Å². The molecule has 1 aliphatic heterocycles. The first-order chi connectivity index (χ1) is 12.3. The van der Waals surface area contributed by atoms with Crippen LogP contribution in [0.2, 0.25) is 0 Å². The Hall–Kier alpha value is -1.18. The summed E-state index contributed by atoms with van der Waals surface area (Å²) in [4.78, 5) is 23.1. The highest BCUT2D eigenvalue weighted by atomic mass is 16.6. The van der Waals surface area contributed by atoms with Crippen LogP contribution in [0.5, 0.6) is 0 Å². The highest BCUT2D eigenvalue weighted by Gasteiger charge is 2.04. The molecule has 0 bridgehead atoms. The van der Waals surface area contributed by atoms with Crippen LogP contribution < -0.4 is 0 Å². The average Bonchev–Trinajstić information content (AvgIpc) is 2.60. The lowest BCUT2D eigenvalue weighted by atomic mass is 10.1. The number of hydrogen-bond acceptors (Lipinski definition) is 7. The molecule has 0 aromatic rings. The SMILES string of the molecule is O=C1CCCCCCCCC(=O)OCCOCCOCCOCCO1. The van der Waals surface area contributed by atoms with Gasteiger partial charge in [-0.05, 0) is 12.8 Å². The summed E-state index contributed by atoms with van der Waals surface area (Å²) < 4.78 is 26.2. The number of rotatable bonds is 0. The zero-order chi connectivity index (χ0) is 18.0. The van der Waals surface area contributed by atoms with Crippen LogP contribution in [0.15, 0.2) is 0 Å². The van der Waals surface area contributed by atoms with Crippen LogP contribution >= 0.6 is 0 Å². The van der Waals surface area contributed by atoms with Crippen molar-refractivity contribution < 1.29 is 33.3 Å². The molecule has 0 saturated carbocycles. The molecule has 25 heavy (non-hydrogen) atoms. The summed E-state index contributed by atoms with van der Waals surface area (Å²) in [6.07, 6.45) is 6.74. The maximum atomic E-state index is 11.5. The molecule has 146 valence electrons. The maximum Gasteiger partial charge on any atom is 0.305 e. The van der Waals surface area contributed by atoms with Gasteiger partial charge in [-0.2, -0.15) is 0 Å². The second-order valence-corrected chi connectivity index (χ2v) is 5.90. The van der Waals surface area contributed by atoms with E-state index in [-0.39, 0.29) is 25.2 Å². The van der Waals surface area contributed by atoms with Gasteiger partial charge in [-0.25, -0.2) is 0 Å². The van der Waals surface area contributed by atoms with E-state index in [1.54, 1.807) is 0 Å². The van der Waals surface area contributed by atoms with Gasteiger partial charge in [0.05, 0.1) is 39.6 Å². The zero-order valence-corrected chi connectivity index (χ0v) is 15.2. The number of esters is 2. The molecule has 0 spiro atoms. The molecule has 1 rings (SSSR count). The maximum absolute atomic E-state index is 11.5. The monoisotopic (exact) mass is 360 g/mol. The smallest absolute Gasteiger partial charge is 0.305 e. The van der Waals surface area contributed by atoms with Gasteiger partial charge >= 0.3 is 11.9 Å². The van der Waals surface area contributed by atoms with Gasteiger partial charge in [-0.15, -0.1) is 0 Å². The summed E-state index contributed by atoms with van der Waals surface area (Å²) in [7, 11) is 0. The van der Waals surface area contributed by atoms with Crippen molar-refractivity contribution in [3.8, 4) is 0 Å². The van der Waals surface area contributed by atoms with E-state index < -0.39 is 0 Å². The number of cyclic esters (lactones) is 2. The van der Waals surface area contributed by atoms with Crippen LogP contribution in [0.4, 0.5) is 0 Å². The first-order valence-electron chi connectivity index (χ1n) is 9.33. The molecule has 0 atom stereocenters. The van der Waals surface area contributed by atoms with Crippen LogP contribution in [0.1, 0.15) is 51.4 Å². The molecule has 1 fully saturated rings. The van der Waals surface area contributed by atoms with Gasteiger partial charge in [-0.1, -0.05) is 25.7 Å². The van der Waals surface area contributed by atoms with Crippen molar-refractivity contribution in [1.29, 1.82) is 0 Å². The van der Waals surface area contributed by atoms with E-state index in [4.69, 9.17) is 23.7 Å². The Labute approximate surface area is 150 Å². The van der Waals surface area contributed by atoms with E-state index in [9.17, 15) is 9.59 Å². The molecule has 7 heteroatoms. The van der Waals surface area contributed by atoms with Crippen molar-refractivity contribution in [3.05, 3.63) is 0 Å². The average molecular weight is 360 g/mol. The first kappa shape index (κ1) is 21.9. The molecule has 0 unspecified atom stereocenters. The van der Waals surface area contributed by atoms with E-state index in [1.807, 2.05) is 0 Å². The summed E-state index contributed by atoms with van der Waals surface area (Å²) in [5.41, 5.74) is 0. The Balaban J connectivity index is 2.16. The van der Waals surface area contributed by atoms with Crippen molar-refractivity contribution in [2.45, 2.75) is 51.4 Å². The van der Waals surface area contributed by atoms with E-state index in [1.165, 1.54) is 0 Å². The molecule has 0 N–H and O–H groups in total. The third kappa shape index (κ3) is 14.8. The molecule has 0 amide bonds. The largest absolute Gasteiger partial charge is 0.463 e.